The molecular weight excluding hydrogens is 683 g/mol. The van der Waals surface area contributed by atoms with Crippen molar-refractivity contribution in [1.82, 2.24) is 10.6 Å². The summed E-state index contributed by atoms with van der Waals surface area (Å²) in [6.07, 6.45) is 40.4. The third-order valence-electron chi connectivity index (χ3n) is 13.0. The van der Waals surface area contributed by atoms with Crippen molar-refractivity contribution in [1.29, 1.82) is 0 Å². The highest BCUT2D eigenvalue weighted by atomic mass is 16.5. The highest BCUT2D eigenvalue weighted by Gasteiger charge is 2.54. The average molecular weight is 734 g/mol. The Hall–Kier alpha value is -5.29. The zero-order chi connectivity index (χ0) is 37.3. The monoisotopic (exact) mass is 733 g/mol. The average Bonchev–Trinajstić information content (AvgIpc) is 3.29. The molecule has 4 nitrogen and oxygen atoms in total. The van der Waals surface area contributed by atoms with Crippen molar-refractivity contribution in [3.05, 3.63) is 215 Å². The first-order chi connectivity index (χ1) is 27.8. The lowest BCUT2D eigenvalue weighted by Gasteiger charge is -2.54. The van der Waals surface area contributed by atoms with E-state index in [0.29, 0.717) is 5.92 Å². The van der Waals surface area contributed by atoms with Crippen LogP contribution in [0, 0.1) is 11.8 Å². The van der Waals surface area contributed by atoms with Crippen molar-refractivity contribution in [2.24, 2.45) is 16.8 Å². The number of hydrogen-bond donors (Lipinski definition) is 2. The fraction of sp³-hybridized carbons (Fsp3) is 0.288. The fourth-order valence-corrected chi connectivity index (χ4v) is 10.4. The molecule has 2 heterocycles. The van der Waals surface area contributed by atoms with E-state index in [1.807, 2.05) is 0 Å². The first-order valence-corrected chi connectivity index (χ1v) is 20.9. The van der Waals surface area contributed by atoms with Crippen molar-refractivity contribution >= 4 is 5.84 Å². The maximum atomic E-state index is 6.85. The van der Waals surface area contributed by atoms with Crippen LogP contribution in [0.4, 0.5) is 0 Å². The van der Waals surface area contributed by atoms with Gasteiger partial charge in [-0.25, -0.2) is 4.99 Å². The molecule has 1 fully saturated rings. The van der Waals surface area contributed by atoms with E-state index in [2.05, 4.69) is 181 Å². The van der Waals surface area contributed by atoms with Crippen molar-refractivity contribution in [2.75, 3.05) is 0 Å². The molecule has 2 N–H and O–H groups in total. The molecule has 0 spiro atoms. The Morgan fingerprint density at radius 1 is 0.768 bits per heavy atom. The van der Waals surface area contributed by atoms with Gasteiger partial charge >= 0.3 is 0 Å². The molecular formula is C52H51N3O. The summed E-state index contributed by atoms with van der Waals surface area (Å²) < 4.78 is 6.85. The van der Waals surface area contributed by atoms with Crippen LogP contribution in [0.2, 0.25) is 0 Å². The Bertz CT molecular complexity index is 2270. The molecule has 7 aliphatic rings. The second-order valence-corrected chi connectivity index (χ2v) is 16.3. The SMILES string of the molecule is C1=CCC2OC3C=CC=CC3C(C3=CC(C4=CCCC(C5N=C(c6ccccc6C6C=CCCC6)NC(c6ccccc6)N5)=C4)CC=C3)(c3ccccc3)C2=C1. The van der Waals surface area contributed by atoms with Crippen molar-refractivity contribution < 1.29 is 4.74 Å². The van der Waals surface area contributed by atoms with E-state index in [1.54, 1.807) is 0 Å². The molecule has 280 valence electrons. The maximum Gasteiger partial charge on any atom is 0.132 e. The van der Waals surface area contributed by atoms with Gasteiger partial charge in [0.05, 0.1) is 17.6 Å². The minimum Gasteiger partial charge on any atom is -0.366 e. The molecule has 56 heavy (non-hydrogen) atoms. The van der Waals surface area contributed by atoms with Crippen molar-refractivity contribution in [2.45, 2.75) is 80.8 Å². The number of rotatable bonds is 7. The number of hydrogen-bond acceptors (Lipinski definition) is 4. The minimum atomic E-state index is -0.336. The minimum absolute atomic E-state index is 0.0128. The Morgan fingerprint density at radius 2 is 1.61 bits per heavy atom. The lowest BCUT2D eigenvalue weighted by atomic mass is 9.54. The van der Waals surface area contributed by atoms with Crippen LogP contribution in [0.3, 0.4) is 0 Å². The Balaban J connectivity index is 1.03. The van der Waals surface area contributed by atoms with E-state index in [-0.39, 0.29) is 41.8 Å². The van der Waals surface area contributed by atoms with Gasteiger partial charge in [-0.1, -0.05) is 170 Å². The fourth-order valence-electron chi connectivity index (χ4n) is 10.4. The molecule has 3 aromatic carbocycles. The molecule has 0 aromatic heterocycles. The van der Waals surface area contributed by atoms with E-state index >= 15 is 0 Å². The number of benzene rings is 3. The van der Waals surface area contributed by atoms with Crippen LogP contribution in [0.5, 0.6) is 0 Å². The number of ether oxygens (including phenoxy) is 1. The zero-order valence-corrected chi connectivity index (χ0v) is 32.0. The molecule has 4 heteroatoms. The van der Waals surface area contributed by atoms with E-state index in [9.17, 15) is 0 Å². The molecule has 0 saturated carbocycles. The number of fused-ring (bicyclic) bond motifs is 2. The van der Waals surface area contributed by atoms with Gasteiger partial charge in [-0.15, -0.1) is 0 Å². The van der Waals surface area contributed by atoms with Gasteiger partial charge in [-0.05, 0) is 83.9 Å². The quantitative estimate of drug-likeness (QED) is 0.238. The van der Waals surface area contributed by atoms with Crippen LogP contribution in [-0.4, -0.2) is 24.2 Å². The van der Waals surface area contributed by atoms with E-state index in [1.165, 1.54) is 63.8 Å². The van der Waals surface area contributed by atoms with Gasteiger partial charge in [0.25, 0.3) is 0 Å². The molecule has 0 bridgehead atoms. The van der Waals surface area contributed by atoms with Crippen LogP contribution in [0.1, 0.15) is 79.3 Å². The molecule has 10 rings (SSSR count). The largest absolute Gasteiger partial charge is 0.366 e. The second-order valence-electron chi connectivity index (χ2n) is 16.3. The van der Waals surface area contributed by atoms with Crippen molar-refractivity contribution in [3.63, 3.8) is 0 Å². The van der Waals surface area contributed by atoms with Gasteiger partial charge in [-0.2, -0.15) is 0 Å². The van der Waals surface area contributed by atoms with E-state index in [0.717, 1.165) is 31.5 Å². The van der Waals surface area contributed by atoms with Crippen LogP contribution >= 0.6 is 0 Å². The summed E-state index contributed by atoms with van der Waals surface area (Å²) in [5, 5.41) is 7.77. The number of amidine groups is 1. The number of nitrogens with zero attached hydrogens (tertiary/aromatic N) is 1. The third kappa shape index (κ3) is 6.39. The van der Waals surface area contributed by atoms with E-state index in [4.69, 9.17) is 9.73 Å². The topological polar surface area (TPSA) is 45.6 Å². The molecule has 8 unspecified atom stereocenters. The Morgan fingerprint density at radius 3 is 2.48 bits per heavy atom. The van der Waals surface area contributed by atoms with Gasteiger partial charge in [0.2, 0.25) is 0 Å². The van der Waals surface area contributed by atoms with Gasteiger partial charge in [0.15, 0.2) is 0 Å². The summed E-state index contributed by atoms with van der Waals surface area (Å²) in [6.45, 7) is 0. The normalized spacial score (nSPS) is 31.9. The molecule has 3 aromatic rings. The first-order valence-electron chi connectivity index (χ1n) is 20.9. The number of nitrogens with one attached hydrogen (secondary N) is 2. The van der Waals surface area contributed by atoms with Crippen LogP contribution < -0.4 is 10.6 Å². The summed E-state index contributed by atoms with van der Waals surface area (Å²) in [6, 6.07) is 30.9. The first kappa shape index (κ1) is 35.1. The summed E-state index contributed by atoms with van der Waals surface area (Å²) >= 11 is 0. The summed E-state index contributed by atoms with van der Waals surface area (Å²) in [4.78, 5) is 5.52. The van der Waals surface area contributed by atoms with Crippen molar-refractivity contribution in [3.8, 4) is 0 Å². The molecule has 5 aliphatic carbocycles. The highest BCUT2D eigenvalue weighted by Crippen LogP contribution is 2.56. The smallest absolute Gasteiger partial charge is 0.132 e. The summed E-state index contributed by atoms with van der Waals surface area (Å²) in [5.74, 6) is 1.81. The predicted octanol–water partition coefficient (Wildman–Crippen LogP) is 11.0. The van der Waals surface area contributed by atoms with Gasteiger partial charge in [0.1, 0.15) is 18.2 Å². The molecule has 8 atom stereocenters. The number of allylic oxidation sites excluding steroid dienone is 13. The van der Waals surface area contributed by atoms with Gasteiger partial charge in [-0.3, -0.25) is 5.32 Å². The highest BCUT2D eigenvalue weighted by molar-refractivity contribution is 6.01. The lowest BCUT2D eigenvalue weighted by molar-refractivity contribution is -0.0367. The third-order valence-corrected chi connectivity index (χ3v) is 13.0. The summed E-state index contributed by atoms with van der Waals surface area (Å²) in [5.41, 5.74) is 10.3. The standard InChI is InChI=1S/C52H51N3O/c1-4-18-36(19-5-1)43-28-10-11-29-44(43)51-54-49(37-20-6-2-7-21-37)53-50(55-51)40-24-16-22-38(34-40)39-23-17-27-42(35-39)52(41-25-8-3-9-26-41)45-30-12-14-32-47(45)56-48-33-15-13-31-46(48)52/h2-4,6-15,17-18,20-22,25-32,34-36,39,45,47-50,53H,1,5,16,19,23-24,33H2,(H,54,55). The second kappa shape index (κ2) is 15.3. The molecule has 2 aliphatic heterocycles. The molecule has 1 saturated heterocycles. The summed E-state index contributed by atoms with van der Waals surface area (Å²) in [7, 11) is 0. The lowest BCUT2D eigenvalue weighted by Crippen LogP contribution is -2.54. The number of aliphatic imine (C=N–C) groups is 1. The van der Waals surface area contributed by atoms with E-state index < -0.39 is 0 Å². The predicted molar refractivity (Wildman–Crippen MR) is 229 cm³/mol. The van der Waals surface area contributed by atoms with Gasteiger partial charge < -0.3 is 10.1 Å². The Kier molecular flexibility index (Phi) is 9.62. The Labute approximate surface area is 332 Å². The maximum absolute atomic E-state index is 6.85. The molecule has 0 amide bonds. The van der Waals surface area contributed by atoms with Crippen LogP contribution in [0.25, 0.3) is 0 Å². The van der Waals surface area contributed by atoms with Crippen LogP contribution in [0.15, 0.2) is 197 Å². The van der Waals surface area contributed by atoms with Crippen LogP contribution in [-0.2, 0) is 10.2 Å². The molecule has 0 radical (unpaired) electrons. The zero-order valence-electron chi connectivity index (χ0n) is 32.0. The van der Waals surface area contributed by atoms with Gasteiger partial charge in [0, 0.05) is 23.3 Å².